The van der Waals surface area contributed by atoms with Crippen LogP contribution in [0.4, 0.5) is 5.82 Å². The van der Waals surface area contributed by atoms with E-state index in [1.54, 1.807) is 6.92 Å². The molecule has 0 atom stereocenters. The number of halogens is 1. The van der Waals surface area contributed by atoms with Crippen molar-refractivity contribution in [1.82, 2.24) is 9.97 Å². The first-order valence-electron chi connectivity index (χ1n) is 5.12. The van der Waals surface area contributed by atoms with Gasteiger partial charge in [0.2, 0.25) is 0 Å². The van der Waals surface area contributed by atoms with Crippen LogP contribution in [0.25, 0.3) is 0 Å². The SMILES string of the molecule is Cc1nc(Cl)c(C=O)c(NC(CO)(CO)CO)n1. The lowest BCUT2D eigenvalue weighted by Crippen LogP contribution is -2.49. The average Bonchev–Trinajstić information content (AvgIpc) is 2.35. The molecule has 0 aliphatic rings. The second kappa shape index (κ2) is 6.05. The number of hydrogen-bond acceptors (Lipinski definition) is 7. The summed E-state index contributed by atoms with van der Waals surface area (Å²) in [6, 6.07) is 0. The van der Waals surface area contributed by atoms with E-state index in [1.807, 2.05) is 0 Å². The fourth-order valence-electron chi connectivity index (χ4n) is 1.27. The van der Waals surface area contributed by atoms with Gasteiger partial charge >= 0.3 is 0 Å². The number of aliphatic hydroxyl groups is 3. The van der Waals surface area contributed by atoms with E-state index in [0.29, 0.717) is 12.1 Å². The fraction of sp³-hybridized carbons (Fsp3) is 0.500. The van der Waals surface area contributed by atoms with Crippen molar-refractivity contribution in [3.05, 3.63) is 16.5 Å². The minimum absolute atomic E-state index is 0.00184. The van der Waals surface area contributed by atoms with Gasteiger partial charge in [-0.15, -0.1) is 0 Å². The van der Waals surface area contributed by atoms with Gasteiger partial charge in [0.1, 0.15) is 22.3 Å². The first kappa shape index (κ1) is 14.8. The summed E-state index contributed by atoms with van der Waals surface area (Å²) >= 11 is 5.78. The van der Waals surface area contributed by atoms with Gasteiger partial charge < -0.3 is 20.6 Å². The van der Waals surface area contributed by atoms with Crippen LogP contribution in [0, 0.1) is 6.92 Å². The minimum Gasteiger partial charge on any atom is -0.394 e. The summed E-state index contributed by atoms with van der Waals surface area (Å²) < 4.78 is 0. The maximum Gasteiger partial charge on any atom is 0.156 e. The highest BCUT2D eigenvalue weighted by Crippen LogP contribution is 2.22. The van der Waals surface area contributed by atoms with E-state index in [4.69, 9.17) is 11.6 Å². The molecule has 1 aromatic heterocycles. The standard InChI is InChI=1S/C10H14ClN3O4/c1-6-12-8(11)7(2-15)9(13-6)14-10(3-16,4-17)5-18/h2,16-18H,3-5H2,1H3,(H,12,13,14). The second-order valence-corrected chi connectivity index (χ2v) is 4.18. The molecule has 0 unspecified atom stereocenters. The third-order valence-corrected chi connectivity index (χ3v) is 2.71. The van der Waals surface area contributed by atoms with Crippen LogP contribution in [-0.4, -0.2) is 56.9 Å². The highest BCUT2D eigenvalue weighted by Gasteiger charge is 2.29. The Morgan fingerprint density at radius 1 is 1.28 bits per heavy atom. The van der Waals surface area contributed by atoms with Crippen molar-refractivity contribution in [3.63, 3.8) is 0 Å². The number of nitrogens with zero attached hydrogens (tertiary/aromatic N) is 2. The smallest absolute Gasteiger partial charge is 0.156 e. The number of aromatic nitrogens is 2. The van der Waals surface area contributed by atoms with Gasteiger partial charge in [0.05, 0.1) is 25.4 Å². The molecule has 18 heavy (non-hydrogen) atoms. The van der Waals surface area contributed by atoms with Gasteiger partial charge in [-0.1, -0.05) is 11.6 Å². The van der Waals surface area contributed by atoms with E-state index in [9.17, 15) is 20.1 Å². The Morgan fingerprint density at radius 3 is 2.28 bits per heavy atom. The van der Waals surface area contributed by atoms with E-state index >= 15 is 0 Å². The first-order valence-corrected chi connectivity index (χ1v) is 5.50. The summed E-state index contributed by atoms with van der Waals surface area (Å²) in [6.07, 6.45) is 0.459. The van der Waals surface area contributed by atoms with E-state index in [-0.39, 0.29) is 16.5 Å². The van der Waals surface area contributed by atoms with Crippen molar-refractivity contribution in [1.29, 1.82) is 0 Å². The van der Waals surface area contributed by atoms with Crippen LogP contribution in [0.1, 0.15) is 16.2 Å². The Labute approximate surface area is 108 Å². The molecule has 8 heteroatoms. The number of hydrogen-bond donors (Lipinski definition) is 4. The number of aryl methyl sites for hydroxylation is 1. The van der Waals surface area contributed by atoms with Gasteiger partial charge in [-0.25, -0.2) is 9.97 Å². The number of anilines is 1. The zero-order chi connectivity index (χ0) is 13.8. The van der Waals surface area contributed by atoms with Gasteiger partial charge in [-0.2, -0.15) is 0 Å². The second-order valence-electron chi connectivity index (χ2n) is 3.82. The molecule has 0 aromatic carbocycles. The molecule has 0 aliphatic heterocycles. The maximum absolute atomic E-state index is 10.9. The van der Waals surface area contributed by atoms with Crippen LogP contribution in [0.15, 0.2) is 0 Å². The zero-order valence-corrected chi connectivity index (χ0v) is 10.5. The molecule has 0 radical (unpaired) electrons. The van der Waals surface area contributed by atoms with Crippen molar-refractivity contribution < 1.29 is 20.1 Å². The summed E-state index contributed by atoms with van der Waals surface area (Å²) in [5, 5.41) is 30.2. The molecule has 100 valence electrons. The summed E-state index contributed by atoms with van der Waals surface area (Å²) in [5.74, 6) is 0.371. The van der Waals surface area contributed by atoms with Gasteiger partial charge in [-0.05, 0) is 6.92 Å². The molecular weight excluding hydrogens is 262 g/mol. The van der Waals surface area contributed by atoms with E-state index in [2.05, 4.69) is 15.3 Å². The van der Waals surface area contributed by atoms with Crippen molar-refractivity contribution in [3.8, 4) is 0 Å². The molecule has 0 fully saturated rings. The van der Waals surface area contributed by atoms with Gasteiger partial charge in [0.25, 0.3) is 0 Å². The van der Waals surface area contributed by atoms with Crippen molar-refractivity contribution in [2.24, 2.45) is 0 Å². The monoisotopic (exact) mass is 275 g/mol. The highest BCUT2D eigenvalue weighted by molar-refractivity contribution is 6.32. The first-order chi connectivity index (χ1) is 8.51. The largest absolute Gasteiger partial charge is 0.394 e. The molecule has 1 aromatic rings. The van der Waals surface area contributed by atoms with Crippen LogP contribution < -0.4 is 5.32 Å². The molecule has 0 spiro atoms. The number of aldehydes is 1. The quantitative estimate of drug-likeness (QED) is 0.404. The highest BCUT2D eigenvalue weighted by atomic mass is 35.5. The number of nitrogens with one attached hydrogen (secondary N) is 1. The topological polar surface area (TPSA) is 116 Å². The summed E-state index contributed by atoms with van der Waals surface area (Å²) in [4.78, 5) is 18.7. The van der Waals surface area contributed by atoms with Crippen molar-refractivity contribution in [2.45, 2.75) is 12.5 Å². The molecule has 7 nitrogen and oxygen atoms in total. The lowest BCUT2D eigenvalue weighted by atomic mass is 10.0. The summed E-state index contributed by atoms with van der Waals surface area (Å²) in [6.45, 7) is -0.0545. The van der Waals surface area contributed by atoms with Crippen LogP contribution >= 0.6 is 11.6 Å². The molecule has 0 saturated heterocycles. The van der Waals surface area contributed by atoms with Gasteiger partial charge in [0, 0.05) is 0 Å². The number of aliphatic hydroxyl groups excluding tert-OH is 3. The number of carbonyl (C=O) groups excluding carboxylic acids is 1. The minimum atomic E-state index is -1.39. The molecule has 1 rings (SSSR count). The van der Waals surface area contributed by atoms with Gasteiger partial charge in [0.15, 0.2) is 6.29 Å². The summed E-state index contributed by atoms with van der Waals surface area (Å²) in [5.41, 5.74) is -1.39. The zero-order valence-electron chi connectivity index (χ0n) is 9.72. The third-order valence-electron chi connectivity index (χ3n) is 2.42. The Bertz CT molecular complexity index is 429. The molecule has 0 aliphatic carbocycles. The molecular formula is C10H14ClN3O4. The molecule has 0 bridgehead atoms. The van der Waals surface area contributed by atoms with Crippen LogP contribution in [0.5, 0.6) is 0 Å². The Kier molecular flexibility index (Phi) is 4.97. The normalized spacial score (nSPS) is 11.4. The number of carbonyl (C=O) groups is 1. The maximum atomic E-state index is 10.9. The van der Waals surface area contributed by atoms with Crippen LogP contribution in [0.2, 0.25) is 5.15 Å². The Balaban J connectivity index is 3.20. The lowest BCUT2D eigenvalue weighted by Gasteiger charge is -2.29. The summed E-state index contributed by atoms with van der Waals surface area (Å²) in [7, 11) is 0. The number of rotatable bonds is 6. The molecule has 4 N–H and O–H groups in total. The Morgan fingerprint density at radius 2 is 1.83 bits per heavy atom. The molecule has 1 heterocycles. The predicted molar refractivity (Wildman–Crippen MR) is 64.8 cm³/mol. The molecule has 0 amide bonds. The average molecular weight is 276 g/mol. The fourth-order valence-corrected chi connectivity index (χ4v) is 1.52. The van der Waals surface area contributed by atoms with Crippen molar-refractivity contribution >= 4 is 23.7 Å². The van der Waals surface area contributed by atoms with E-state index in [0.717, 1.165) is 0 Å². The molecule has 0 saturated carbocycles. The predicted octanol–water partition coefficient (Wildman–Crippen LogP) is -0.621. The van der Waals surface area contributed by atoms with Crippen LogP contribution in [-0.2, 0) is 0 Å². The van der Waals surface area contributed by atoms with Crippen LogP contribution in [0.3, 0.4) is 0 Å². The van der Waals surface area contributed by atoms with Crippen molar-refractivity contribution in [2.75, 3.05) is 25.1 Å². The van der Waals surface area contributed by atoms with E-state index < -0.39 is 25.4 Å². The Hall–Kier alpha value is -1.28. The van der Waals surface area contributed by atoms with E-state index in [1.165, 1.54) is 0 Å². The third kappa shape index (κ3) is 2.94. The van der Waals surface area contributed by atoms with Gasteiger partial charge in [-0.3, -0.25) is 4.79 Å². The lowest BCUT2D eigenvalue weighted by molar-refractivity contribution is 0.0829.